The quantitative estimate of drug-likeness (QED) is 0.624. The maximum atomic E-state index is 12.5. The molecule has 1 aliphatic rings. The molecule has 0 N–H and O–H groups in total. The molecule has 2 unspecified atom stereocenters. The zero-order valence-electron chi connectivity index (χ0n) is 14.1. The predicted octanol–water partition coefficient (Wildman–Crippen LogP) is 1.66. The third-order valence-corrected chi connectivity index (χ3v) is 5.05. The Labute approximate surface area is 144 Å². The van der Waals surface area contributed by atoms with Gasteiger partial charge in [0, 0.05) is 20.1 Å². The highest BCUT2D eigenvalue weighted by molar-refractivity contribution is 7.99. The topological polar surface area (TPSA) is 64.4 Å². The number of aromatic nitrogens is 2. The van der Waals surface area contributed by atoms with Gasteiger partial charge in [-0.1, -0.05) is 23.9 Å². The standard InChI is InChI=1S/C17H21N3O3S/c1-11-8-20(9-12(2)23-11)15(21)10-24-17-18-14-7-5-4-6-13(14)16(22)19(17)3/h4-7,11-12H,8-10H2,1-3H3. The summed E-state index contributed by atoms with van der Waals surface area (Å²) in [6.45, 7) is 5.15. The summed E-state index contributed by atoms with van der Waals surface area (Å²) >= 11 is 1.30. The summed E-state index contributed by atoms with van der Waals surface area (Å²) in [5.41, 5.74) is 0.563. The lowest BCUT2D eigenvalue weighted by Crippen LogP contribution is -2.48. The largest absolute Gasteiger partial charge is 0.372 e. The smallest absolute Gasteiger partial charge is 0.261 e. The van der Waals surface area contributed by atoms with Crippen LogP contribution in [0.15, 0.2) is 34.2 Å². The van der Waals surface area contributed by atoms with E-state index < -0.39 is 0 Å². The van der Waals surface area contributed by atoms with Gasteiger partial charge in [-0.25, -0.2) is 4.98 Å². The first kappa shape index (κ1) is 17.0. The molecule has 3 rings (SSSR count). The number of rotatable bonds is 3. The van der Waals surface area contributed by atoms with E-state index in [-0.39, 0.29) is 29.4 Å². The summed E-state index contributed by atoms with van der Waals surface area (Å²) in [5, 5.41) is 1.15. The van der Waals surface area contributed by atoms with E-state index in [2.05, 4.69) is 4.98 Å². The molecule has 1 amide bonds. The van der Waals surface area contributed by atoms with Gasteiger partial charge in [-0.05, 0) is 26.0 Å². The van der Waals surface area contributed by atoms with Gasteiger partial charge in [0.2, 0.25) is 5.91 Å². The van der Waals surface area contributed by atoms with Gasteiger partial charge in [0.05, 0.1) is 28.9 Å². The van der Waals surface area contributed by atoms with Crippen LogP contribution >= 0.6 is 11.8 Å². The molecule has 0 radical (unpaired) electrons. The van der Waals surface area contributed by atoms with Crippen molar-refractivity contribution in [3.8, 4) is 0 Å². The summed E-state index contributed by atoms with van der Waals surface area (Å²) in [6, 6.07) is 7.25. The van der Waals surface area contributed by atoms with E-state index >= 15 is 0 Å². The van der Waals surface area contributed by atoms with Crippen LogP contribution in [-0.2, 0) is 16.6 Å². The van der Waals surface area contributed by atoms with Gasteiger partial charge in [-0.15, -0.1) is 0 Å². The van der Waals surface area contributed by atoms with E-state index in [1.807, 2.05) is 36.9 Å². The van der Waals surface area contributed by atoms with Gasteiger partial charge in [-0.2, -0.15) is 0 Å². The summed E-state index contributed by atoms with van der Waals surface area (Å²) in [6.07, 6.45) is 0.0942. The van der Waals surface area contributed by atoms with Crippen LogP contribution in [0.1, 0.15) is 13.8 Å². The number of ether oxygens (including phenoxy) is 1. The van der Waals surface area contributed by atoms with Gasteiger partial charge < -0.3 is 9.64 Å². The summed E-state index contributed by atoms with van der Waals surface area (Å²) in [4.78, 5) is 31.2. The van der Waals surface area contributed by atoms with Crippen molar-refractivity contribution in [2.24, 2.45) is 7.05 Å². The van der Waals surface area contributed by atoms with Gasteiger partial charge in [0.1, 0.15) is 0 Å². The average molecular weight is 347 g/mol. The Morgan fingerprint density at radius 1 is 1.29 bits per heavy atom. The number of amides is 1. The number of carbonyl (C=O) groups excluding carboxylic acids is 1. The third kappa shape index (κ3) is 3.47. The number of hydrogen-bond donors (Lipinski definition) is 0. The molecule has 1 saturated heterocycles. The fourth-order valence-corrected chi connectivity index (χ4v) is 3.80. The van der Waals surface area contributed by atoms with Crippen LogP contribution in [0, 0.1) is 0 Å². The minimum Gasteiger partial charge on any atom is -0.372 e. The van der Waals surface area contributed by atoms with E-state index in [4.69, 9.17) is 4.74 Å². The van der Waals surface area contributed by atoms with Crippen molar-refractivity contribution < 1.29 is 9.53 Å². The van der Waals surface area contributed by atoms with Crippen molar-refractivity contribution in [1.29, 1.82) is 0 Å². The normalized spacial score (nSPS) is 21.2. The van der Waals surface area contributed by atoms with Crippen LogP contribution in [-0.4, -0.2) is 51.4 Å². The number of carbonyl (C=O) groups is 1. The zero-order valence-corrected chi connectivity index (χ0v) is 14.9. The molecule has 128 valence electrons. The van der Waals surface area contributed by atoms with Crippen molar-refractivity contribution in [1.82, 2.24) is 14.5 Å². The van der Waals surface area contributed by atoms with E-state index in [9.17, 15) is 9.59 Å². The molecule has 2 heterocycles. The summed E-state index contributed by atoms with van der Waals surface area (Å²) in [7, 11) is 1.69. The second-order valence-electron chi connectivity index (χ2n) is 6.12. The Hall–Kier alpha value is -1.86. The first-order valence-electron chi connectivity index (χ1n) is 7.97. The highest BCUT2D eigenvalue weighted by Gasteiger charge is 2.26. The Bertz CT molecular complexity index is 810. The molecule has 0 bridgehead atoms. The Morgan fingerprint density at radius 2 is 1.96 bits per heavy atom. The Morgan fingerprint density at radius 3 is 2.67 bits per heavy atom. The van der Waals surface area contributed by atoms with Gasteiger partial charge in [-0.3, -0.25) is 14.2 Å². The van der Waals surface area contributed by atoms with Crippen LogP contribution in [0.25, 0.3) is 10.9 Å². The number of benzene rings is 1. The molecule has 1 fully saturated rings. The predicted molar refractivity (Wildman–Crippen MR) is 94.3 cm³/mol. The molecule has 2 aromatic rings. The van der Waals surface area contributed by atoms with E-state index in [0.29, 0.717) is 29.1 Å². The van der Waals surface area contributed by atoms with Crippen LogP contribution in [0.5, 0.6) is 0 Å². The number of fused-ring (bicyclic) bond motifs is 1. The van der Waals surface area contributed by atoms with Crippen molar-refractivity contribution in [2.75, 3.05) is 18.8 Å². The van der Waals surface area contributed by atoms with E-state index in [1.54, 1.807) is 13.1 Å². The Balaban J connectivity index is 1.75. The van der Waals surface area contributed by atoms with Crippen molar-refractivity contribution in [3.63, 3.8) is 0 Å². The fraction of sp³-hybridized carbons (Fsp3) is 0.471. The highest BCUT2D eigenvalue weighted by atomic mass is 32.2. The molecule has 0 saturated carbocycles. The number of hydrogen-bond acceptors (Lipinski definition) is 5. The van der Waals surface area contributed by atoms with Crippen molar-refractivity contribution in [3.05, 3.63) is 34.6 Å². The van der Waals surface area contributed by atoms with Crippen LogP contribution in [0.3, 0.4) is 0 Å². The fourth-order valence-electron chi connectivity index (χ4n) is 2.93. The molecule has 7 heteroatoms. The molecule has 24 heavy (non-hydrogen) atoms. The third-order valence-electron chi connectivity index (χ3n) is 4.04. The molecule has 1 aromatic carbocycles. The second-order valence-corrected chi connectivity index (χ2v) is 7.06. The van der Waals surface area contributed by atoms with Crippen LogP contribution in [0.2, 0.25) is 0 Å². The lowest BCUT2D eigenvalue weighted by atomic mass is 10.2. The lowest BCUT2D eigenvalue weighted by Gasteiger charge is -2.35. The van der Waals surface area contributed by atoms with E-state index in [1.165, 1.54) is 16.3 Å². The molecule has 0 spiro atoms. The number of nitrogens with zero attached hydrogens (tertiary/aromatic N) is 3. The monoisotopic (exact) mass is 347 g/mol. The van der Waals surface area contributed by atoms with Crippen LogP contribution < -0.4 is 5.56 Å². The van der Waals surface area contributed by atoms with Crippen LogP contribution in [0.4, 0.5) is 0 Å². The van der Waals surface area contributed by atoms with Gasteiger partial charge in [0.15, 0.2) is 5.16 Å². The molecule has 0 aliphatic carbocycles. The first-order chi connectivity index (χ1) is 11.5. The molecule has 1 aliphatic heterocycles. The summed E-state index contributed by atoms with van der Waals surface area (Å²) in [5.74, 6) is 0.308. The molecular weight excluding hydrogens is 326 g/mol. The highest BCUT2D eigenvalue weighted by Crippen LogP contribution is 2.19. The second kappa shape index (κ2) is 6.94. The first-order valence-corrected chi connectivity index (χ1v) is 8.96. The Kier molecular flexibility index (Phi) is 4.91. The number of thioether (sulfide) groups is 1. The maximum absolute atomic E-state index is 12.5. The number of para-hydroxylation sites is 1. The minimum absolute atomic E-state index is 0.0457. The summed E-state index contributed by atoms with van der Waals surface area (Å²) < 4.78 is 7.16. The zero-order chi connectivity index (χ0) is 17.3. The molecule has 6 nitrogen and oxygen atoms in total. The minimum atomic E-state index is -0.0934. The van der Waals surface area contributed by atoms with E-state index in [0.717, 1.165) is 0 Å². The lowest BCUT2D eigenvalue weighted by molar-refractivity contribution is -0.140. The molecular formula is C17H21N3O3S. The van der Waals surface area contributed by atoms with Crippen molar-refractivity contribution >= 4 is 28.6 Å². The molecule has 1 aromatic heterocycles. The van der Waals surface area contributed by atoms with Gasteiger partial charge in [0.25, 0.3) is 5.56 Å². The SMILES string of the molecule is CC1CN(C(=O)CSc2nc3ccccc3c(=O)n2C)CC(C)O1. The van der Waals surface area contributed by atoms with Gasteiger partial charge >= 0.3 is 0 Å². The van der Waals surface area contributed by atoms with Crippen molar-refractivity contribution in [2.45, 2.75) is 31.2 Å². The average Bonchev–Trinajstić information content (AvgIpc) is 2.55. The maximum Gasteiger partial charge on any atom is 0.261 e. The number of morpholine rings is 1. The molecule has 2 atom stereocenters.